The van der Waals surface area contributed by atoms with Crippen LogP contribution in [0.1, 0.15) is 0 Å². The molecule has 0 amide bonds. The third-order valence-corrected chi connectivity index (χ3v) is 3.21. The van der Waals surface area contributed by atoms with Gasteiger partial charge in [-0.1, -0.05) is 0 Å². The number of esters is 2. The van der Waals surface area contributed by atoms with Crippen molar-refractivity contribution in [3.05, 3.63) is 33.5 Å². The average molecular weight is 391 g/mol. The summed E-state index contributed by atoms with van der Waals surface area (Å²) in [6, 6.07) is 5.25. The fraction of sp³-hybridized carbons (Fsp3) is 0.231. The number of carbonyl (C=O) groups is 2. The summed E-state index contributed by atoms with van der Waals surface area (Å²) < 4.78 is 15.0. The number of ether oxygens (including phenoxy) is 3. The predicted octanol–water partition coefficient (Wildman–Crippen LogP) is 1.94. The summed E-state index contributed by atoms with van der Waals surface area (Å²) in [5.74, 6) is -0.625. The summed E-state index contributed by atoms with van der Waals surface area (Å²) >= 11 is 2.08. The minimum absolute atomic E-state index is 0.0116. The minimum Gasteiger partial charge on any atom is -0.497 e. The Hall–Kier alpha value is -1.77. The molecular weight excluding hydrogens is 377 g/mol. The van der Waals surface area contributed by atoms with E-state index < -0.39 is 11.9 Å². The summed E-state index contributed by atoms with van der Waals surface area (Å²) in [5, 5.41) is 2.84. The highest BCUT2D eigenvalue weighted by Gasteiger charge is 2.14. The van der Waals surface area contributed by atoms with Crippen molar-refractivity contribution in [1.29, 1.82) is 0 Å². The van der Waals surface area contributed by atoms with Crippen LogP contribution in [-0.4, -0.2) is 33.3 Å². The number of benzene rings is 1. The van der Waals surface area contributed by atoms with Gasteiger partial charge in [0.05, 0.1) is 33.1 Å². The molecule has 0 radical (unpaired) electrons. The van der Waals surface area contributed by atoms with E-state index in [9.17, 15) is 9.59 Å². The Balaban J connectivity index is 3.04. The second kappa shape index (κ2) is 7.73. The molecule has 1 rings (SSSR count). The summed E-state index contributed by atoms with van der Waals surface area (Å²) in [6.45, 7) is 0. The van der Waals surface area contributed by atoms with E-state index in [4.69, 9.17) is 4.74 Å². The number of nitrogens with one attached hydrogen (secondary N) is 1. The van der Waals surface area contributed by atoms with Crippen molar-refractivity contribution in [2.45, 2.75) is 0 Å². The Morgan fingerprint density at radius 2 is 1.90 bits per heavy atom. The van der Waals surface area contributed by atoms with Gasteiger partial charge in [-0.15, -0.1) is 0 Å². The molecule has 0 heterocycles. The molecule has 0 aliphatic heterocycles. The van der Waals surface area contributed by atoms with Crippen molar-refractivity contribution >= 4 is 40.2 Å². The van der Waals surface area contributed by atoms with Crippen molar-refractivity contribution in [3.63, 3.8) is 0 Å². The van der Waals surface area contributed by atoms with Gasteiger partial charge in [-0.3, -0.25) is 0 Å². The van der Waals surface area contributed by atoms with Gasteiger partial charge in [0.1, 0.15) is 11.4 Å². The van der Waals surface area contributed by atoms with Gasteiger partial charge in [0.25, 0.3) is 0 Å². The maximum Gasteiger partial charge on any atom is 0.354 e. The van der Waals surface area contributed by atoms with E-state index in [1.54, 1.807) is 25.3 Å². The molecule has 0 saturated carbocycles. The molecule has 0 saturated heterocycles. The van der Waals surface area contributed by atoms with Gasteiger partial charge in [0.15, 0.2) is 0 Å². The van der Waals surface area contributed by atoms with Crippen LogP contribution in [0, 0.1) is 3.57 Å². The first-order valence-corrected chi connectivity index (χ1v) is 6.58. The minimum atomic E-state index is -0.665. The number of rotatable bonds is 5. The highest BCUT2D eigenvalue weighted by Crippen LogP contribution is 2.24. The van der Waals surface area contributed by atoms with E-state index in [1.807, 2.05) is 0 Å². The molecule has 0 aromatic heterocycles. The van der Waals surface area contributed by atoms with E-state index in [-0.39, 0.29) is 5.70 Å². The van der Waals surface area contributed by atoms with Crippen LogP contribution in [0.15, 0.2) is 30.0 Å². The van der Waals surface area contributed by atoms with Crippen LogP contribution >= 0.6 is 22.6 Å². The Morgan fingerprint density at radius 3 is 2.40 bits per heavy atom. The topological polar surface area (TPSA) is 73.9 Å². The first-order chi connectivity index (χ1) is 9.51. The third-order valence-electron chi connectivity index (χ3n) is 2.31. The zero-order valence-corrected chi connectivity index (χ0v) is 13.4. The number of methoxy groups -OCH3 is 3. The molecule has 6 nitrogen and oxygen atoms in total. The van der Waals surface area contributed by atoms with Crippen molar-refractivity contribution in [1.82, 2.24) is 0 Å². The van der Waals surface area contributed by atoms with E-state index in [1.165, 1.54) is 14.2 Å². The van der Waals surface area contributed by atoms with Crippen molar-refractivity contribution < 1.29 is 23.8 Å². The van der Waals surface area contributed by atoms with E-state index >= 15 is 0 Å². The monoisotopic (exact) mass is 391 g/mol. The maximum atomic E-state index is 11.6. The summed E-state index contributed by atoms with van der Waals surface area (Å²) in [7, 11) is 4.02. The second-order valence-corrected chi connectivity index (χ2v) is 4.71. The van der Waals surface area contributed by atoms with Crippen LogP contribution < -0.4 is 10.1 Å². The molecule has 0 atom stereocenters. The molecule has 1 N–H and O–H groups in total. The zero-order chi connectivity index (χ0) is 15.1. The van der Waals surface area contributed by atoms with Gasteiger partial charge in [0.2, 0.25) is 0 Å². The number of hydrogen-bond acceptors (Lipinski definition) is 6. The smallest absolute Gasteiger partial charge is 0.354 e. The maximum absolute atomic E-state index is 11.6. The van der Waals surface area contributed by atoms with Crippen LogP contribution in [0.2, 0.25) is 0 Å². The van der Waals surface area contributed by atoms with E-state index in [0.29, 0.717) is 11.4 Å². The SMILES string of the molecule is COC(=O)/C=C(/Nc1ccc(OC)cc1I)C(=O)OC. The lowest BCUT2D eigenvalue weighted by atomic mass is 10.3. The first kappa shape index (κ1) is 16.3. The van der Waals surface area contributed by atoms with Crippen LogP contribution in [-0.2, 0) is 19.1 Å². The molecule has 1 aromatic rings. The quantitative estimate of drug-likeness (QED) is 0.470. The molecule has 7 heteroatoms. The van der Waals surface area contributed by atoms with Gasteiger partial charge >= 0.3 is 11.9 Å². The van der Waals surface area contributed by atoms with E-state index in [2.05, 4.69) is 37.4 Å². The molecular formula is C13H14INO5. The van der Waals surface area contributed by atoms with Crippen molar-refractivity contribution in [3.8, 4) is 5.75 Å². The number of halogens is 1. The second-order valence-electron chi connectivity index (χ2n) is 3.54. The molecule has 0 unspecified atom stereocenters. The third kappa shape index (κ3) is 4.41. The summed E-state index contributed by atoms with van der Waals surface area (Å²) in [6.07, 6.45) is 1.03. The van der Waals surface area contributed by atoms with E-state index in [0.717, 1.165) is 9.65 Å². The van der Waals surface area contributed by atoms with Crippen LogP contribution in [0.5, 0.6) is 5.75 Å². The van der Waals surface area contributed by atoms with Gasteiger partial charge < -0.3 is 19.5 Å². The lowest BCUT2D eigenvalue weighted by Gasteiger charge is -2.11. The molecule has 20 heavy (non-hydrogen) atoms. The molecule has 0 bridgehead atoms. The normalized spacial score (nSPS) is 10.7. The Bertz CT molecular complexity index is 542. The van der Waals surface area contributed by atoms with Crippen molar-refractivity contribution in [2.75, 3.05) is 26.6 Å². The van der Waals surface area contributed by atoms with Gasteiger partial charge in [-0.05, 0) is 40.8 Å². The predicted molar refractivity (Wildman–Crippen MR) is 81.4 cm³/mol. The molecule has 1 aromatic carbocycles. The number of hydrogen-bond donors (Lipinski definition) is 1. The first-order valence-electron chi connectivity index (χ1n) is 5.50. The van der Waals surface area contributed by atoms with Crippen molar-refractivity contribution in [2.24, 2.45) is 0 Å². The highest BCUT2D eigenvalue weighted by molar-refractivity contribution is 14.1. The van der Waals surface area contributed by atoms with Gasteiger partial charge in [-0.25, -0.2) is 9.59 Å². The van der Waals surface area contributed by atoms with Crippen LogP contribution in [0.25, 0.3) is 0 Å². The molecule has 0 aliphatic carbocycles. The Labute approximate surface area is 130 Å². The Morgan fingerprint density at radius 1 is 1.20 bits per heavy atom. The van der Waals surface area contributed by atoms with Crippen LogP contribution in [0.3, 0.4) is 0 Å². The highest BCUT2D eigenvalue weighted by atomic mass is 127. The summed E-state index contributed by atoms with van der Waals surface area (Å²) in [4.78, 5) is 22.9. The fourth-order valence-electron chi connectivity index (χ4n) is 1.30. The standard InChI is InChI=1S/C13H14INO5/c1-18-8-4-5-10(9(14)6-8)15-11(13(17)20-3)7-12(16)19-2/h4-7,15H,1-3H3/b11-7+. The summed E-state index contributed by atoms with van der Waals surface area (Å²) in [5.41, 5.74) is 0.634. The molecule has 0 aliphatic rings. The van der Waals surface area contributed by atoms with Crippen LogP contribution in [0.4, 0.5) is 5.69 Å². The Kier molecular flexibility index (Phi) is 6.29. The molecule has 0 fully saturated rings. The largest absolute Gasteiger partial charge is 0.497 e. The van der Waals surface area contributed by atoms with Gasteiger partial charge in [0, 0.05) is 3.57 Å². The lowest BCUT2D eigenvalue weighted by molar-refractivity contribution is -0.138. The average Bonchev–Trinajstić information content (AvgIpc) is 2.47. The fourth-order valence-corrected chi connectivity index (χ4v) is 1.92. The molecule has 0 spiro atoms. The molecule has 108 valence electrons. The zero-order valence-electron chi connectivity index (χ0n) is 11.2. The van der Waals surface area contributed by atoms with Gasteiger partial charge in [-0.2, -0.15) is 0 Å². The number of carbonyl (C=O) groups excluding carboxylic acids is 2. The lowest BCUT2D eigenvalue weighted by Crippen LogP contribution is -2.16. The number of anilines is 1.